The van der Waals surface area contributed by atoms with Gasteiger partial charge < -0.3 is 0 Å². The molecular formula is C12H11BrO. The SMILES string of the molecule is C#CCCC(=O)c1cc(C)ccc1Br. The van der Waals surface area contributed by atoms with Gasteiger partial charge in [-0.25, -0.2) is 0 Å². The minimum atomic E-state index is 0.0959. The molecule has 0 amide bonds. The first-order chi connectivity index (χ1) is 6.65. The first-order valence-corrected chi connectivity index (χ1v) is 5.17. The lowest BCUT2D eigenvalue weighted by Gasteiger charge is -2.03. The van der Waals surface area contributed by atoms with Crippen molar-refractivity contribution in [3.63, 3.8) is 0 Å². The summed E-state index contributed by atoms with van der Waals surface area (Å²) in [6.45, 7) is 1.96. The molecule has 0 aliphatic heterocycles. The Labute approximate surface area is 92.6 Å². The van der Waals surface area contributed by atoms with E-state index in [0.29, 0.717) is 12.8 Å². The highest BCUT2D eigenvalue weighted by Crippen LogP contribution is 2.19. The molecule has 0 radical (unpaired) electrons. The Balaban J connectivity index is 2.90. The molecular weight excluding hydrogens is 240 g/mol. The van der Waals surface area contributed by atoms with Gasteiger partial charge in [0.15, 0.2) is 5.78 Å². The highest BCUT2D eigenvalue weighted by Gasteiger charge is 2.08. The van der Waals surface area contributed by atoms with Gasteiger partial charge in [-0.15, -0.1) is 12.3 Å². The van der Waals surface area contributed by atoms with Gasteiger partial charge in [0.05, 0.1) is 0 Å². The molecule has 0 saturated heterocycles. The Bertz CT molecular complexity index is 388. The van der Waals surface area contributed by atoms with E-state index in [1.165, 1.54) is 0 Å². The first-order valence-electron chi connectivity index (χ1n) is 4.38. The first kappa shape index (κ1) is 11.0. The molecule has 0 bridgehead atoms. The fraction of sp³-hybridized carbons (Fsp3) is 0.250. The topological polar surface area (TPSA) is 17.1 Å². The number of halogens is 1. The molecule has 14 heavy (non-hydrogen) atoms. The van der Waals surface area contributed by atoms with Crippen LogP contribution in [0.1, 0.15) is 28.8 Å². The van der Waals surface area contributed by atoms with E-state index in [2.05, 4.69) is 21.9 Å². The summed E-state index contributed by atoms with van der Waals surface area (Å²) in [6, 6.07) is 5.73. The van der Waals surface area contributed by atoms with Crippen molar-refractivity contribution in [1.82, 2.24) is 0 Å². The van der Waals surface area contributed by atoms with Crippen molar-refractivity contribution in [2.24, 2.45) is 0 Å². The van der Waals surface area contributed by atoms with E-state index in [1.807, 2.05) is 25.1 Å². The van der Waals surface area contributed by atoms with Crippen LogP contribution in [0.4, 0.5) is 0 Å². The number of carbonyl (C=O) groups is 1. The Morgan fingerprint density at radius 3 is 2.93 bits per heavy atom. The van der Waals surface area contributed by atoms with Gasteiger partial charge in [0.25, 0.3) is 0 Å². The molecule has 1 aromatic carbocycles. The van der Waals surface area contributed by atoms with Crippen LogP contribution in [-0.4, -0.2) is 5.78 Å². The van der Waals surface area contributed by atoms with Crippen molar-refractivity contribution in [2.75, 3.05) is 0 Å². The average Bonchev–Trinajstić information content (AvgIpc) is 2.18. The number of ketones is 1. The molecule has 0 fully saturated rings. The number of hydrogen-bond acceptors (Lipinski definition) is 1. The van der Waals surface area contributed by atoms with Crippen LogP contribution in [0, 0.1) is 19.3 Å². The van der Waals surface area contributed by atoms with E-state index in [0.717, 1.165) is 15.6 Å². The fourth-order valence-corrected chi connectivity index (χ4v) is 1.64. The van der Waals surface area contributed by atoms with E-state index in [1.54, 1.807) is 0 Å². The van der Waals surface area contributed by atoms with Gasteiger partial charge in [-0.05, 0) is 19.1 Å². The van der Waals surface area contributed by atoms with Gasteiger partial charge in [-0.3, -0.25) is 4.79 Å². The van der Waals surface area contributed by atoms with Crippen molar-refractivity contribution >= 4 is 21.7 Å². The summed E-state index contributed by atoms with van der Waals surface area (Å²) in [6.07, 6.45) is 6.02. The summed E-state index contributed by atoms with van der Waals surface area (Å²) in [5.74, 6) is 2.56. The number of benzene rings is 1. The number of carbonyl (C=O) groups excluding carboxylic acids is 1. The third-order valence-corrected chi connectivity index (χ3v) is 2.61. The molecule has 0 aliphatic rings. The van der Waals surface area contributed by atoms with E-state index in [9.17, 15) is 4.79 Å². The predicted octanol–water partition coefficient (Wildman–Crippen LogP) is 3.35. The number of Topliss-reactive ketones (excluding diaryl/α,β-unsaturated/α-hetero) is 1. The van der Waals surface area contributed by atoms with Gasteiger partial charge in [-0.2, -0.15) is 0 Å². The van der Waals surface area contributed by atoms with Crippen LogP contribution in [0.15, 0.2) is 22.7 Å². The zero-order valence-corrected chi connectivity index (χ0v) is 9.60. The van der Waals surface area contributed by atoms with Crippen molar-refractivity contribution < 1.29 is 4.79 Å². The lowest BCUT2D eigenvalue weighted by Crippen LogP contribution is -2.00. The van der Waals surface area contributed by atoms with Gasteiger partial charge in [0.1, 0.15) is 0 Å². The molecule has 0 spiro atoms. The molecule has 0 aliphatic carbocycles. The summed E-state index contributed by atoms with van der Waals surface area (Å²) >= 11 is 3.35. The van der Waals surface area contributed by atoms with Crippen LogP contribution < -0.4 is 0 Å². The molecule has 0 saturated carbocycles. The predicted molar refractivity (Wildman–Crippen MR) is 61.3 cm³/mol. The lowest BCUT2D eigenvalue weighted by atomic mass is 10.0. The van der Waals surface area contributed by atoms with Gasteiger partial charge >= 0.3 is 0 Å². The Morgan fingerprint density at radius 1 is 1.57 bits per heavy atom. The van der Waals surface area contributed by atoms with E-state index < -0.39 is 0 Å². The number of terminal acetylenes is 1. The molecule has 0 atom stereocenters. The second kappa shape index (κ2) is 4.97. The normalized spacial score (nSPS) is 9.50. The van der Waals surface area contributed by atoms with Crippen LogP contribution in [0.5, 0.6) is 0 Å². The molecule has 1 aromatic rings. The second-order valence-corrected chi connectivity index (χ2v) is 3.96. The second-order valence-electron chi connectivity index (χ2n) is 3.11. The van der Waals surface area contributed by atoms with Crippen LogP contribution in [0.2, 0.25) is 0 Å². The zero-order chi connectivity index (χ0) is 10.6. The minimum absolute atomic E-state index is 0.0959. The minimum Gasteiger partial charge on any atom is -0.294 e. The maximum atomic E-state index is 11.7. The van der Waals surface area contributed by atoms with E-state index in [4.69, 9.17) is 6.42 Å². The summed E-state index contributed by atoms with van der Waals surface area (Å²) in [5.41, 5.74) is 1.80. The summed E-state index contributed by atoms with van der Waals surface area (Å²) in [4.78, 5) is 11.7. The highest BCUT2D eigenvalue weighted by atomic mass is 79.9. The molecule has 0 N–H and O–H groups in total. The van der Waals surface area contributed by atoms with Crippen molar-refractivity contribution in [3.8, 4) is 12.3 Å². The van der Waals surface area contributed by atoms with Crippen LogP contribution in [0.25, 0.3) is 0 Å². The largest absolute Gasteiger partial charge is 0.294 e. The van der Waals surface area contributed by atoms with Gasteiger partial charge in [0.2, 0.25) is 0 Å². The number of rotatable bonds is 3. The van der Waals surface area contributed by atoms with Crippen molar-refractivity contribution in [2.45, 2.75) is 19.8 Å². The van der Waals surface area contributed by atoms with Gasteiger partial charge in [-0.1, -0.05) is 27.6 Å². The van der Waals surface area contributed by atoms with Crippen LogP contribution >= 0.6 is 15.9 Å². The smallest absolute Gasteiger partial charge is 0.164 e. The monoisotopic (exact) mass is 250 g/mol. The Kier molecular flexibility index (Phi) is 3.91. The summed E-state index contributed by atoms with van der Waals surface area (Å²) in [5, 5.41) is 0. The Morgan fingerprint density at radius 2 is 2.29 bits per heavy atom. The highest BCUT2D eigenvalue weighted by molar-refractivity contribution is 9.10. The average molecular weight is 251 g/mol. The quantitative estimate of drug-likeness (QED) is 0.594. The number of hydrogen-bond donors (Lipinski definition) is 0. The molecule has 0 unspecified atom stereocenters. The third-order valence-electron chi connectivity index (χ3n) is 1.92. The zero-order valence-electron chi connectivity index (χ0n) is 8.01. The molecule has 1 rings (SSSR count). The molecule has 72 valence electrons. The lowest BCUT2D eigenvalue weighted by molar-refractivity contribution is 0.0983. The van der Waals surface area contributed by atoms with E-state index >= 15 is 0 Å². The van der Waals surface area contributed by atoms with E-state index in [-0.39, 0.29) is 5.78 Å². The van der Waals surface area contributed by atoms with Crippen LogP contribution in [-0.2, 0) is 0 Å². The fourth-order valence-electron chi connectivity index (χ4n) is 1.17. The van der Waals surface area contributed by atoms with Crippen molar-refractivity contribution in [3.05, 3.63) is 33.8 Å². The number of aryl methyl sites for hydroxylation is 1. The van der Waals surface area contributed by atoms with Crippen LogP contribution in [0.3, 0.4) is 0 Å². The standard InChI is InChI=1S/C12H11BrO/c1-3-4-5-12(14)10-8-9(2)6-7-11(10)13/h1,6-8H,4-5H2,2H3. The maximum Gasteiger partial charge on any atom is 0.164 e. The molecule has 0 aromatic heterocycles. The summed E-state index contributed by atoms with van der Waals surface area (Å²) in [7, 11) is 0. The molecule has 1 nitrogen and oxygen atoms in total. The molecule has 0 heterocycles. The third kappa shape index (κ3) is 2.71. The van der Waals surface area contributed by atoms with Gasteiger partial charge in [0, 0.05) is 22.9 Å². The molecule has 2 heteroatoms. The van der Waals surface area contributed by atoms with Crippen molar-refractivity contribution in [1.29, 1.82) is 0 Å². The summed E-state index contributed by atoms with van der Waals surface area (Å²) < 4.78 is 0.838. The maximum absolute atomic E-state index is 11.7. The Hall–Kier alpha value is -1.07.